The maximum Gasteiger partial charge on any atom is 0.238 e. The minimum absolute atomic E-state index is 0.00682. The highest BCUT2D eigenvalue weighted by Gasteiger charge is 2.31. The summed E-state index contributed by atoms with van der Waals surface area (Å²) in [5.74, 6) is 0.0513. The molecule has 1 amide bonds. The van der Waals surface area contributed by atoms with Crippen LogP contribution in [0.5, 0.6) is 0 Å². The molecule has 1 aromatic heterocycles. The molecule has 0 unspecified atom stereocenters. The number of nitrogens with zero attached hydrogens (tertiary/aromatic N) is 1. The molecule has 0 radical (unpaired) electrons. The fraction of sp³-hybridized carbons (Fsp3) is 0.267. The van der Waals surface area contributed by atoms with Crippen molar-refractivity contribution in [3.63, 3.8) is 0 Å². The lowest BCUT2D eigenvalue weighted by molar-refractivity contribution is -0.130. The number of alkyl halides is 1. The molecule has 2 aromatic rings. The Balaban J connectivity index is 2.07. The van der Waals surface area contributed by atoms with Gasteiger partial charge in [-0.05, 0) is 29.0 Å². The molecule has 3 rings (SSSR count). The Bertz CT molecular complexity index is 581. The summed E-state index contributed by atoms with van der Waals surface area (Å²) in [6, 6.07) is 12.3. The molecule has 1 aliphatic rings. The van der Waals surface area contributed by atoms with Gasteiger partial charge in [0.2, 0.25) is 5.91 Å². The van der Waals surface area contributed by atoms with E-state index in [1.165, 1.54) is 10.4 Å². The van der Waals surface area contributed by atoms with Gasteiger partial charge in [-0.2, -0.15) is 0 Å². The van der Waals surface area contributed by atoms with Crippen molar-refractivity contribution in [3.05, 3.63) is 57.8 Å². The second kappa shape index (κ2) is 5.35. The van der Waals surface area contributed by atoms with Gasteiger partial charge in [-0.15, -0.1) is 22.9 Å². The molecule has 0 saturated carbocycles. The molecular weight excluding hydrogens is 278 g/mol. The maximum atomic E-state index is 12.1. The number of fused-ring (bicyclic) bond motifs is 1. The molecule has 98 valence electrons. The van der Waals surface area contributed by atoms with Crippen molar-refractivity contribution < 1.29 is 4.79 Å². The van der Waals surface area contributed by atoms with E-state index >= 15 is 0 Å². The lowest BCUT2D eigenvalue weighted by Gasteiger charge is -2.36. The number of hydrogen-bond donors (Lipinski definition) is 0. The van der Waals surface area contributed by atoms with E-state index in [-0.39, 0.29) is 17.8 Å². The number of carbonyl (C=O) groups is 1. The Labute approximate surface area is 121 Å². The van der Waals surface area contributed by atoms with Gasteiger partial charge >= 0.3 is 0 Å². The summed E-state index contributed by atoms with van der Waals surface area (Å²) in [7, 11) is 0. The van der Waals surface area contributed by atoms with Crippen molar-refractivity contribution in [1.82, 2.24) is 4.90 Å². The molecule has 0 spiro atoms. The van der Waals surface area contributed by atoms with E-state index in [9.17, 15) is 4.79 Å². The monoisotopic (exact) mass is 291 g/mol. The van der Waals surface area contributed by atoms with Crippen LogP contribution in [0.4, 0.5) is 0 Å². The van der Waals surface area contributed by atoms with Crippen molar-refractivity contribution in [1.29, 1.82) is 0 Å². The van der Waals surface area contributed by atoms with Crippen molar-refractivity contribution >= 4 is 28.8 Å². The van der Waals surface area contributed by atoms with Gasteiger partial charge in [0.25, 0.3) is 0 Å². The molecule has 0 saturated heterocycles. The third-order valence-electron chi connectivity index (χ3n) is 3.52. The Morgan fingerprint density at radius 1 is 1.32 bits per heavy atom. The van der Waals surface area contributed by atoms with Gasteiger partial charge in [0.15, 0.2) is 0 Å². The van der Waals surface area contributed by atoms with E-state index in [1.54, 1.807) is 11.3 Å². The maximum absolute atomic E-state index is 12.1. The van der Waals surface area contributed by atoms with Crippen LogP contribution in [-0.4, -0.2) is 23.2 Å². The van der Waals surface area contributed by atoms with Gasteiger partial charge < -0.3 is 4.90 Å². The van der Waals surface area contributed by atoms with Crippen LogP contribution in [0.3, 0.4) is 0 Å². The summed E-state index contributed by atoms with van der Waals surface area (Å²) in [6.45, 7) is 0.749. The molecule has 1 atom stereocenters. The minimum Gasteiger partial charge on any atom is -0.330 e. The van der Waals surface area contributed by atoms with Gasteiger partial charge in [0.1, 0.15) is 5.88 Å². The predicted molar refractivity (Wildman–Crippen MR) is 78.7 cm³/mol. The van der Waals surface area contributed by atoms with Crippen molar-refractivity contribution in [3.8, 4) is 0 Å². The number of rotatable bonds is 2. The normalized spacial score (nSPS) is 18.2. The zero-order chi connectivity index (χ0) is 13.2. The summed E-state index contributed by atoms with van der Waals surface area (Å²) >= 11 is 7.52. The Hall–Kier alpha value is -1.32. The van der Waals surface area contributed by atoms with Crippen LogP contribution in [0.25, 0.3) is 0 Å². The van der Waals surface area contributed by atoms with E-state index in [2.05, 4.69) is 23.6 Å². The average Bonchev–Trinajstić information content (AvgIpc) is 2.94. The van der Waals surface area contributed by atoms with Gasteiger partial charge in [-0.1, -0.05) is 30.3 Å². The predicted octanol–water partition coefficient (Wildman–Crippen LogP) is 3.46. The average molecular weight is 292 g/mol. The molecule has 2 nitrogen and oxygen atoms in total. The quantitative estimate of drug-likeness (QED) is 0.776. The number of hydrogen-bond acceptors (Lipinski definition) is 2. The lowest BCUT2D eigenvalue weighted by Crippen LogP contribution is -2.40. The summed E-state index contributed by atoms with van der Waals surface area (Å²) in [5.41, 5.74) is 2.40. The molecule has 1 aliphatic heterocycles. The zero-order valence-corrected chi connectivity index (χ0v) is 12.0. The topological polar surface area (TPSA) is 20.3 Å². The highest BCUT2D eigenvalue weighted by molar-refractivity contribution is 7.10. The van der Waals surface area contributed by atoms with Crippen LogP contribution >= 0.6 is 22.9 Å². The Morgan fingerprint density at radius 3 is 2.84 bits per heavy atom. The van der Waals surface area contributed by atoms with E-state index < -0.39 is 0 Å². The second-order valence-corrected chi connectivity index (χ2v) is 5.85. The van der Waals surface area contributed by atoms with Gasteiger partial charge in [0.05, 0.1) is 6.04 Å². The van der Waals surface area contributed by atoms with E-state index in [4.69, 9.17) is 11.6 Å². The molecule has 4 heteroatoms. The van der Waals surface area contributed by atoms with E-state index in [0.29, 0.717) is 0 Å². The first-order chi connectivity index (χ1) is 9.31. The zero-order valence-electron chi connectivity index (χ0n) is 10.4. The van der Waals surface area contributed by atoms with Crippen LogP contribution in [0.15, 0.2) is 41.8 Å². The van der Waals surface area contributed by atoms with Crippen LogP contribution < -0.4 is 0 Å². The van der Waals surface area contributed by atoms with E-state index in [1.807, 2.05) is 23.1 Å². The first kappa shape index (κ1) is 12.7. The second-order valence-electron chi connectivity index (χ2n) is 4.58. The highest BCUT2D eigenvalue weighted by Crippen LogP contribution is 2.37. The van der Waals surface area contributed by atoms with E-state index in [0.717, 1.165) is 18.5 Å². The standard InChI is InChI=1S/C15H14ClNOS/c16-10-14(18)17-8-6-13-12(7-9-19-13)15(17)11-4-2-1-3-5-11/h1-5,7,9,15H,6,8,10H2/t15-/m1/s1. The SMILES string of the molecule is O=C(CCl)N1CCc2sccc2[C@H]1c1ccccc1. The molecule has 2 heterocycles. The molecular formula is C15H14ClNOS. The number of amides is 1. The first-order valence-corrected chi connectivity index (χ1v) is 7.69. The van der Waals surface area contributed by atoms with Crippen LogP contribution in [0.2, 0.25) is 0 Å². The van der Waals surface area contributed by atoms with Crippen molar-refractivity contribution in [2.24, 2.45) is 0 Å². The Kier molecular flexibility index (Phi) is 3.58. The Morgan fingerprint density at radius 2 is 2.11 bits per heavy atom. The van der Waals surface area contributed by atoms with Crippen molar-refractivity contribution in [2.75, 3.05) is 12.4 Å². The third kappa shape index (κ3) is 2.28. The largest absolute Gasteiger partial charge is 0.330 e. The molecule has 0 aliphatic carbocycles. The first-order valence-electron chi connectivity index (χ1n) is 6.28. The minimum atomic E-state index is 0.00682. The fourth-order valence-corrected chi connectivity index (χ4v) is 3.71. The summed E-state index contributed by atoms with van der Waals surface area (Å²) in [6.07, 6.45) is 0.930. The highest BCUT2D eigenvalue weighted by atomic mass is 35.5. The smallest absolute Gasteiger partial charge is 0.238 e. The number of benzene rings is 1. The van der Waals surface area contributed by atoms with Crippen LogP contribution in [-0.2, 0) is 11.2 Å². The molecule has 19 heavy (non-hydrogen) atoms. The van der Waals surface area contributed by atoms with Crippen LogP contribution in [0.1, 0.15) is 22.0 Å². The third-order valence-corrected chi connectivity index (χ3v) is 4.74. The summed E-state index contributed by atoms with van der Waals surface area (Å²) in [4.78, 5) is 15.4. The summed E-state index contributed by atoms with van der Waals surface area (Å²) in [5, 5.41) is 2.11. The van der Waals surface area contributed by atoms with Gasteiger partial charge in [-0.25, -0.2) is 0 Å². The van der Waals surface area contributed by atoms with Gasteiger partial charge in [0, 0.05) is 11.4 Å². The number of carbonyl (C=O) groups excluding carboxylic acids is 1. The number of thiophene rings is 1. The molecule has 0 N–H and O–H groups in total. The van der Waals surface area contributed by atoms with Gasteiger partial charge in [-0.3, -0.25) is 4.79 Å². The number of halogens is 1. The molecule has 0 fully saturated rings. The molecule has 0 bridgehead atoms. The van der Waals surface area contributed by atoms with Crippen LogP contribution in [0, 0.1) is 0 Å². The fourth-order valence-electron chi connectivity index (χ4n) is 2.66. The lowest BCUT2D eigenvalue weighted by atomic mass is 9.93. The van der Waals surface area contributed by atoms with Crippen molar-refractivity contribution in [2.45, 2.75) is 12.5 Å². The summed E-state index contributed by atoms with van der Waals surface area (Å²) < 4.78 is 0. The molecule has 1 aromatic carbocycles.